The van der Waals surface area contributed by atoms with E-state index >= 15 is 0 Å². The van der Waals surface area contributed by atoms with Crippen molar-refractivity contribution in [3.63, 3.8) is 0 Å². The monoisotopic (exact) mass is 393 g/mol. The number of nitrogens with zero attached hydrogens (tertiary/aromatic N) is 1. The summed E-state index contributed by atoms with van der Waals surface area (Å²) < 4.78 is 0. The Kier molecular flexibility index (Phi) is 8.04. The van der Waals surface area contributed by atoms with Gasteiger partial charge in [-0.05, 0) is 18.8 Å². The highest BCUT2D eigenvalue weighted by Gasteiger charge is 2.57. The molecule has 0 spiro atoms. The first kappa shape index (κ1) is 22.4. The quantitative estimate of drug-likeness (QED) is 0.403. The van der Waals surface area contributed by atoms with Crippen molar-refractivity contribution in [3.8, 4) is 0 Å². The van der Waals surface area contributed by atoms with Gasteiger partial charge in [-0.3, -0.25) is 14.4 Å². The van der Waals surface area contributed by atoms with Gasteiger partial charge in [-0.1, -0.05) is 45.8 Å². The fourth-order valence-corrected chi connectivity index (χ4v) is 4.61. The number of nitrogens with one attached hydrogen (secondary N) is 2. The number of hydrogen-bond acceptors (Lipinski definition) is 4. The lowest BCUT2D eigenvalue weighted by Crippen LogP contribution is -2.52. The highest BCUT2D eigenvalue weighted by molar-refractivity contribution is 5.97. The van der Waals surface area contributed by atoms with E-state index in [1.165, 1.54) is 0 Å². The average Bonchev–Trinajstić information content (AvgIpc) is 2.98. The Morgan fingerprint density at radius 2 is 1.93 bits per heavy atom. The number of unbranched alkanes of at least 4 members (excludes halogenated alkanes) is 2. The molecule has 3 amide bonds. The van der Waals surface area contributed by atoms with E-state index in [1.54, 1.807) is 11.9 Å². The molecule has 7 nitrogen and oxygen atoms in total. The van der Waals surface area contributed by atoms with Crippen LogP contribution in [0, 0.1) is 23.7 Å². The normalized spacial score (nSPS) is 30.1. The second-order valence-electron chi connectivity index (χ2n) is 7.92. The number of allylic oxidation sites excluding steroid dienone is 1. The minimum atomic E-state index is -0.688. The number of fused-ring (bicyclic) bond motifs is 1. The number of hydrogen-bond donors (Lipinski definition) is 3. The number of aliphatic hydroxyl groups is 1. The van der Waals surface area contributed by atoms with Crippen molar-refractivity contribution < 1.29 is 19.5 Å². The zero-order valence-electron chi connectivity index (χ0n) is 17.5. The Labute approximate surface area is 167 Å². The maximum Gasteiger partial charge on any atom is 0.243 e. The van der Waals surface area contributed by atoms with Crippen molar-refractivity contribution in [1.29, 1.82) is 0 Å². The molecule has 0 saturated carbocycles. The molecular weight excluding hydrogens is 358 g/mol. The first-order chi connectivity index (χ1) is 13.4. The molecule has 0 aromatic heterocycles. The van der Waals surface area contributed by atoms with E-state index < -0.39 is 23.9 Å². The second-order valence-corrected chi connectivity index (χ2v) is 7.92. The summed E-state index contributed by atoms with van der Waals surface area (Å²) >= 11 is 0. The summed E-state index contributed by atoms with van der Waals surface area (Å²) in [5.74, 6) is -2.12. The first-order valence-electron chi connectivity index (χ1n) is 10.5. The summed E-state index contributed by atoms with van der Waals surface area (Å²) in [4.78, 5) is 40.5. The van der Waals surface area contributed by atoms with Crippen LogP contribution in [0.25, 0.3) is 0 Å². The van der Waals surface area contributed by atoms with E-state index in [-0.39, 0.29) is 36.2 Å². The Balaban J connectivity index is 2.36. The lowest BCUT2D eigenvalue weighted by atomic mass is 9.70. The van der Waals surface area contributed by atoms with Crippen LogP contribution in [0.3, 0.4) is 0 Å². The zero-order valence-corrected chi connectivity index (χ0v) is 17.5. The molecule has 2 rings (SSSR count). The van der Waals surface area contributed by atoms with Crippen LogP contribution in [0.1, 0.15) is 46.5 Å². The topological polar surface area (TPSA) is 98.7 Å². The molecule has 2 aliphatic rings. The van der Waals surface area contributed by atoms with Gasteiger partial charge in [0, 0.05) is 19.5 Å². The first-order valence-corrected chi connectivity index (χ1v) is 10.5. The Morgan fingerprint density at radius 3 is 2.50 bits per heavy atom. The molecular formula is C21H35N3O4. The number of amides is 3. The standard InChI is InChI=1S/C21H35N3O4/c1-5-7-8-11-23-20(27)18-15-10-9-13(3)16(19(26)22-4)17(15)21(28)24(18)14(6-2)12-25/h9-10,13-18,25H,5-8,11-12H2,1-4H3,(H,22,26)(H,23,27)/t13-,14+,15+,16-,17+,18+/m1/s1. The second kappa shape index (κ2) is 10.0. The van der Waals surface area contributed by atoms with Crippen LogP contribution in [0.15, 0.2) is 12.2 Å². The van der Waals surface area contributed by atoms with E-state index in [0.29, 0.717) is 13.0 Å². The highest BCUT2D eigenvalue weighted by atomic mass is 16.3. The van der Waals surface area contributed by atoms with Crippen LogP contribution >= 0.6 is 0 Å². The third kappa shape index (κ3) is 4.24. The smallest absolute Gasteiger partial charge is 0.243 e. The minimum Gasteiger partial charge on any atom is -0.394 e. The maximum atomic E-state index is 13.4. The summed E-state index contributed by atoms with van der Waals surface area (Å²) in [5.41, 5.74) is 0. The van der Waals surface area contributed by atoms with Crippen molar-refractivity contribution in [2.24, 2.45) is 23.7 Å². The molecule has 1 saturated heterocycles. The predicted octanol–water partition coefficient (Wildman–Crippen LogP) is 1.08. The molecule has 1 aliphatic carbocycles. The third-order valence-electron chi connectivity index (χ3n) is 6.18. The Morgan fingerprint density at radius 1 is 1.21 bits per heavy atom. The van der Waals surface area contributed by atoms with Gasteiger partial charge in [0.05, 0.1) is 24.5 Å². The van der Waals surface area contributed by atoms with Crippen LogP contribution in [0.4, 0.5) is 0 Å². The molecule has 0 bridgehead atoms. The van der Waals surface area contributed by atoms with E-state index in [9.17, 15) is 19.5 Å². The molecule has 158 valence electrons. The van der Waals surface area contributed by atoms with E-state index in [1.807, 2.05) is 26.0 Å². The van der Waals surface area contributed by atoms with Gasteiger partial charge in [0.2, 0.25) is 17.7 Å². The average molecular weight is 394 g/mol. The number of carbonyl (C=O) groups is 3. The molecule has 7 heteroatoms. The molecule has 1 heterocycles. The largest absolute Gasteiger partial charge is 0.394 e. The van der Waals surface area contributed by atoms with Gasteiger partial charge in [0.1, 0.15) is 6.04 Å². The van der Waals surface area contributed by atoms with Crippen molar-refractivity contribution in [2.75, 3.05) is 20.2 Å². The fraction of sp³-hybridized carbons (Fsp3) is 0.762. The van der Waals surface area contributed by atoms with E-state index in [0.717, 1.165) is 19.3 Å². The van der Waals surface area contributed by atoms with Crippen molar-refractivity contribution in [3.05, 3.63) is 12.2 Å². The summed E-state index contributed by atoms with van der Waals surface area (Å²) in [6, 6.07) is -1.12. The molecule has 28 heavy (non-hydrogen) atoms. The van der Waals surface area contributed by atoms with Gasteiger partial charge in [-0.2, -0.15) is 0 Å². The summed E-state index contributed by atoms with van der Waals surface area (Å²) in [6.07, 6.45) is 7.39. The molecule has 0 aromatic carbocycles. The van der Waals surface area contributed by atoms with Crippen molar-refractivity contribution in [2.45, 2.75) is 58.5 Å². The lowest BCUT2D eigenvalue weighted by Gasteiger charge is -2.33. The van der Waals surface area contributed by atoms with Crippen LogP contribution in [-0.2, 0) is 14.4 Å². The van der Waals surface area contributed by atoms with Crippen molar-refractivity contribution >= 4 is 17.7 Å². The minimum absolute atomic E-state index is 0.0902. The summed E-state index contributed by atoms with van der Waals surface area (Å²) in [5, 5.41) is 15.5. The van der Waals surface area contributed by atoms with Crippen LogP contribution in [0.2, 0.25) is 0 Å². The molecule has 0 aromatic rings. The Bertz CT molecular complexity index is 602. The predicted molar refractivity (Wildman–Crippen MR) is 107 cm³/mol. The SMILES string of the molecule is CCCCCNC(=O)[C@@H]1[C@H]2C=C[C@@H](C)[C@@H](C(=O)NC)[C@H]2C(=O)N1[C@@H](CC)CO. The van der Waals surface area contributed by atoms with Gasteiger partial charge >= 0.3 is 0 Å². The summed E-state index contributed by atoms with van der Waals surface area (Å²) in [6.45, 7) is 6.28. The highest BCUT2D eigenvalue weighted by Crippen LogP contribution is 2.44. The van der Waals surface area contributed by atoms with Crippen LogP contribution in [-0.4, -0.2) is 60.0 Å². The van der Waals surface area contributed by atoms with Gasteiger partial charge in [-0.15, -0.1) is 0 Å². The number of aliphatic hydroxyl groups excluding tert-OH is 1. The van der Waals surface area contributed by atoms with Gasteiger partial charge < -0.3 is 20.6 Å². The number of carbonyl (C=O) groups excluding carboxylic acids is 3. The van der Waals surface area contributed by atoms with Crippen LogP contribution in [0.5, 0.6) is 0 Å². The van der Waals surface area contributed by atoms with Gasteiger partial charge in [0.15, 0.2) is 0 Å². The fourth-order valence-electron chi connectivity index (χ4n) is 4.61. The molecule has 6 atom stereocenters. The number of likely N-dealkylation sites (tertiary alicyclic amines) is 1. The molecule has 0 radical (unpaired) electrons. The van der Waals surface area contributed by atoms with Gasteiger partial charge in [0.25, 0.3) is 0 Å². The van der Waals surface area contributed by atoms with Crippen LogP contribution < -0.4 is 10.6 Å². The third-order valence-corrected chi connectivity index (χ3v) is 6.18. The lowest BCUT2D eigenvalue weighted by molar-refractivity contribution is -0.143. The molecule has 1 fully saturated rings. The van der Waals surface area contributed by atoms with E-state index in [2.05, 4.69) is 17.6 Å². The van der Waals surface area contributed by atoms with Crippen molar-refractivity contribution in [1.82, 2.24) is 15.5 Å². The molecule has 3 N–H and O–H groups in total. The summed E-state index contributed by atoms with van der Waals surface area (Å²) in [7, 11) is 1.57. The van der Waals surface area contributed by atoms with E-state index in [4.69, 9.17) is 0 Å². The molecule has 0 unspecified atom stereocenters. The zero-order chi connectivity index (χ0) is 20.8. The maximum absolute atomic E-state index is 13.4. The number of rotatable bonds is 9. The van der Waals surface area contributed by atoms with Gasteiger partial charge in [-0.25, -0.2) is 0 Å². The molecule has 1 aliphatic heterocycles. The Hall–Kier alpha value is -1.89.